The molecule has 34 heavy (non-hydrogen) atoms. The number of aryl methyl sites for hydroxylation is 1. The van der Waals surface area contributed by atoms with Crippen LogP contribution in [-0.4, -0.2) is 35.5 Å². The average molecular weight is 504 g/mol. The molecule has 3 rings (SSSR count). The van der Waals surface area contributed by atoms with Crippen LogP contribution in [0.1, 0.15) is 36.4 Å². The van der Waals surface area contributed by atoms with Gasteiger partial charge in [-0.15, -0.1) is 11.6 Å². The van der Waals surface area contributed by atoms with E-state index in [-0.39, 0.29) is 11.7 Å². The molecule has 0 aliphatic rings. The second-order valence-electron chi connectivity index (χ2n) is 7.62. The Kier molecular flexibility index (Phi) is 9.53. The number of nitrogens with one attached hydrogen (secondary N) is 1. The van der Waals surface area contributed by atoms with Gasteiger partial charge in [-0.2, -0.15) is 4.99 Å². The first kappa shape index (κ1) is 25.8. The van der Waals surface area contributed by atoms with Gasteiger partial charge in [-0.3, -0.25) is 4.79 Å². The van der Waals surface area contributed by atoms with Crippen LogP contribution in [0.5, 0.6) is 5.75 Å². The van der Waals surface area contributed by atoms with Crippen molar-refractivity contribution < 1.29 is 18.4 Å². The van der Waals surface area contributed by atoms with E-state index in [9.17, 15) is 9.18 Å². The van der Waals surface area contributed by atoms with E-state index in [1.807, 2.05) is 31.4 Å². The Morgan fingerprint density at radius 1 is 1.24 bits per heavy atom. The lowest BCUT2D eigenvalue weighted by Crippen LogP contribution is -2.16. The SMILES string of the molecule is COc1cc(NC(=NC(=O)C(CCCCCl)c2ccc(F)cc2)SC)ccc1-c1cc(C)no1. The third-order valence-corrected chi connectivity index (χ3v) is 6.05. The van der Waals surface area contributed by atoms with Gasteiger partial charge in [-0.1, -0.05) is 35.5 Å². The third kappa shape index (κ3) is 6.84. The minimum atomic E-state index is -0.473. The van der Waals surface area contributed by atoms with Crippen LogP contribution in [0, 0.1) is 12.7 Å². The number of rotatable bonds is 9. The molecule has 2 aromatic carbocycles. The van der Waals surface area contributed by atoms with Crippen molar-refractivity contribution in [3.63, 3.8) is 0 Å². The monoisotopic (exact) mass is 503 g/mol. The zero-order chi connectivity index (χ0) is 24.5. The van der Waals surface area contributed by atoms with Gasteiger partial charge in [0.25, 0.3) is 5.91 Å². The first-order valence-electron chi connectivity index (χ1n) is 10.8. The fraction of sp³-hybridized carbons (Fsp3) is 0.320. The molecule has 0 saturated heterocycles. The Morgan fingerprint density at radius 3 is 2.62 bits per heavy atom. The topological polar surface area (TPSA) is 76.7 Å². The number of amides is 1. The Morgan fingerprint density at radius 2 is 2.00 bits per heavy atom. The first-order chi connectivity index (χ1) is 16.4. The van der Waals surface area contributed by atoms with Crippen LogP contribution in [0.2, 0.25) is 0 Å². The molecule has 1 aromatic heterocycles. The minimum absolute atomic E-state index is 0.293. The van der Waals surface area contributed by atoms with E-state index in [0.29, 0.717) is 34.7 Å². The molecule has 0 aliphatic heterocycles. The highest BCUT2D eigenvalue weighted by Gasteiger charge is 2.21. The standard InChI is InChI=1S/C25H27ClFN3O3S/c1-16-14-23(33-30-16)21-12-11-19(15-22(21)32-2)28-25(34-3)29-24(31)20(6-4-5-13-26)17-7-9-18(27)10-8-17/h7-12,14-15,20H,4-6,13H2,1-3H3,(H,28,29,31). The van der Waals surface area contributed by atoms with Gasteiger partial charge in [-0.05, 0) is 55.9 Å². The average Bonchev–Trinajstić information content (AvgIpc) is 3.28. The Hall–Kier alpha value is -2.84. The lowest BCUT2D eigenvalue weighted by molar-refractivity contribution is -0.119. The van der Waals surface area contributed by atoms with Crippen LogP contribution in [0.15, 0.2) is 58.0 Å². The molecule has 1 heterocycles. The number of aliphatic imine (C=N–C) groups is 1. The summed E-state index contributed by atoms with van der Waals surface area (Å²) < 4.78 is 24.3. The summed E-state index contributed by atoms with van der Waals surface area (Å²) in [5.41, 5.74) is 2.98. The van der Waals surface area contributed by atoms with E-state index < -0.39 is 5.92 Å². The summed E-state index contributed by atoms with van der Waals surface area (Å²) in [5, 5.41) is 7.55. The van der Waals surface area contributed by atoms with E-state index in [4.69, 9.17) is 20.9 Å². The van der Waals surface area contributed by atoms with Crippen LogP contribution < -0.4 is 10.1 Å². The molecule has 9 heteroatoms. The molecule has 0 radical (unpaired) electrons. The molecule has 1 N–H and O–H groups in total. The van der Waals surface area contributed by atoms with Crippen LogP contribution in [0.4, 0.5) is 10.1 Å². The van der Waals surface area contributed by atoms with Crippen molar-refractivity contribution in [1.29, 1.82) is 0 Å². The number of halogens is 2. The van der Waals surface area contributed by atoms with Crippen LogP contribution in [-0.2, 0) is 4.79 Å². The van der Waals surface area contributed by atoms with Crippen molar-refractivity contribution in [2.75, 3.05) is 24.6 Å². The molecular formula is C25H27ClFN3O3S. The maximum absolute atomic E-state index is 13.4. The van der Waals surface area contributed by atoms with Gasteiger partial charge in [0.1, 0.15) is 11.6 Å². The highest BCUT2D eigenvalue weighted by molar-refractivity contribution is 8.13. The summed E-state index contributed by atoms with van der Waals surface area (Å²) in [5.74, 6) is 0.616. The van der Waals surface area contributed by atoms with Gasteiger partial charge in [0.05, 0.1) is 24.3 Å². The summed E-state index contributed by atoms with van der Waals surface area (Å²) >= 11 is 7.13. The van der Waals surface area contributed by atoms with E-state index in [1.165, 1.54) is 23.9 Å². The first-order valence-corrected chi connectivity index (χ1v) is 12.6. The number of methoxy groups -OCH3 is 1. The van der Waals surface area contributed by atoms with E-state index >= 15 is 0 Å². The van der Waals surface area contributed by atoms with Crippen molar-refractivity contribution in [2.45, 2.75) is 32.1 Å². The summed E-state index contributed by atoms with van der Waals surface area (Å²) in [6.07, 6.45) is 3.99. The smallest absolute Gasteiger partial charge is 0.255 e. The third-order valence-electron chi connectivity index (χ3n) is 5.20. The molecule has 0 bridgehead atoms. The molecule has 6 nitrogen and oxygen atoms in total. The molecule has 1 amide bonds. The highest BCUT2D eigenvalue weighted by atomic mass is 35.5. The van der Waals surface area contributed by atoms with Gasteiger partial charge >= 0.3 is 0 Å². The molecule has 180 valence electrons. The molecule has 1 atom stereocenters. The maximum atomic E-state index is 13.4. The van der Waals surface area contributed by atoms with Crippen molar-refractivity contribution >= 4 is 40.1 Å². The largest absolute Gasteiger partial charge is 0.496 e. The van der Waals surface area contributed by atoms with Gasteiger partial charge in [0.2, 0.25) is 0 Å². The molecule has 1 unspecified atom stereocenters. The number of thioether (sulfide) groups is 1. The molecular weight excluding hydrogens is 477 g/mol. The molecule has 0 aliphatic carbocycles. The number of benzene rings is 2. The van der Waals surface area contributed by atoms with E-state index in [0.717, 1.165) is 29.7 Å². The number of ether oxygens (including phenoxy) is 1. The summed E-state index contributed by atoms with van der Waals surface area (Å²) in [7, 11) is 1.58. The molecule has 3 aromatic rings. The minimum Gasteiger partial charge on any atom is -0.496 e. The Labute approximate surface area is 207 Å². The van der Waals surface area contributed by atoms with Crippen molar-refractivity contribution in [2.24, 2.45) is 4.99 Å². The zero-order valence-corrected chi connectivity index (χ0v) is 20.9. The summed E-state index contributed by atoms with van der Waals surface area (Å²) in [6, 6.07) is 13.3. The quantitative estimate of drug-likeness (QED) is 0.152. The number of alkyl halides is 1. The fourth-order valence-corrected chi connectivity index (χ4v) is 4.05. The predicted octanol–water partition coefficient (Wildman–Crippen LogP) is 6.65. The van der Waals surface area contributed by atoms with Crippen LogP contribution in [0.25, 0.3) is 11.3 Å². The number of nitrogens with zero attached hydrogens (tertiary/aromatic N) is 2. The fourth-order valence-electron chi connectivity index (χ4n) is 3.46. The molecule has 0 saturated carbocycles. The van der Waals surface area contributed by atoms with Gasteiger partial charge < -0.3 is 14.6 Å². The number of aromatic nitrogens is 1. The van der Waals surface area contributed by atoms with Crippen LogP contribution in [0.3, 0.4) is 0 Å². The summed E-state index contributed by atoms with van der Waals surface area (Å²) in [6.45, 7) is 1.85. The predicted molar refractivity (Wildman–Crippen MR) is 137 cm³/mol. The number of hydrogen-bond acceptors (Lipinski definition) is 5. The van der Waals surface area contributed by atoms with Crippen molar-refractivity contribution in [3.8, 4) is 17.1 Å². The second kappa shape index (κ2) is 12.6. The lowest BCUT2D eigenvalue weighted by Gasteiger charge is -2.15. The number of amidine groups is 1. The number of unbranched alkanes of at least 4 members (excludes halogenated alkanes) is 1. The van der Waals surface area contributed by atoms with Gasteiger partial charge in [0.15, 0.2) is 10.9 Å². The number of anilines is 1. The van der Waals surface area contributed by atoms with E-state index in [2.05, 4.69) is 15.5 Å². The molecule has 0 fully saturated rings. The van der Waals surface area contributed by atoms with E-state index in [1.54, 1.807) is 25.3 Å². The number of carbonyl (C=O) groups is 1. The van der Waals surface area contributed by atoms with Crippen molar-refractivity contribution in [1.82, 2.24) is 5.16 Å². The highest BCUT2D eigenvalue weighted by Crippen LogP contribution is 2.33. The van der Waals surface area contributed by atoms with Gasteiger partial charge in [-0.25, -0.2) is 4.39 Å². The normalized spacial score (nSPS) is 12.4. The number of hydrogen-bond donors (Lipinski definition) is 1. The molecule has 0 spiro atoms. The maximum Gasteiger partial charge on any atom is 0.255 e. The zero-order valence-electron chi connectivity index (χ0n) is 19.3. The number of carbonyl (C=O) groups excluding carboxylic acids is 1. The second-order valence-corrected chi connectivity index (χ2v) is 8.79. The van der Waals surface area contributed by atoms with Crippen molar-refractivity contribution in [3.05, 3.63) is 65.6 Å². The summed E-state index contributed by atoms with van der Waals surface area (Å²) in [4.78, 5) is 17.5. The Balaban J connectivity index is 1.82. The lowest BCUT2D eigenvalue weighted by atomic mass is 9.93. The van der Waals surface area contributed by atoms with Crippen LogP contribution >= 0.6 is 23.4 Å². The Bertz CT molecular complexity index is 1130. The van der Waals surface area contributed by atoms with Gasteiger partial charge in [0, 0.05) is 23.7 Å².